The number of nitrogens with two attached hydrogens (primary N) is 1. The maximum absolute atomic E-state index is 12.8. The summed E-state index contributed by atoms with van der Waals surface area (Å²) >= 11 is 0. The molecule has 0 saturated carbocycles. The fourth-order valence-corrected chi connectivity index (χ4v) is 2.94. The number of allylic oxidation sites excluding steroid dienone is 1. The number of nitriles is 1. The molecule has 3 N–H and O–H groups in total. The van der Waals surface area contributed by atoms with Crippen molar-refractivity contribution < 1.29 is 18.0 Å². The van der Waals surface area contributed by atoms with E-state index in [1.165, 1.54) is 6.07 Å². The molecular formula is C19H15F3N4O. The molecule has 1 aliphatic rings. The number of aromatic nitrogens is 1. The number of hydrogen-bond acceptors (Lipinski definition) is 5. The minimum atomic E-state index is -4.56. The Bertz CT molecular complexity index is 943. The lowest BCUT2D eigenvalue weighted by Gasteiger charge is -2.17. The van der Waals surface area contributed by atoms with Gasteiger partial charge in [-0.1, -0.05) is 12.1 Å². The Labute approximate surface area is 153 Å². The average Bonchev–Trinajstić information content (AvgIpc) is 3.01. The highest BCUT2D eigenvalue weighted by atomic mass is 19.4. The molecule has 27 heavy (non-hydrogen) atoms. The van der Waals surface area contributed by atoms with Gasteiger partial charge in [-0.3, -0.25) is 9.78 Å². The summed E-state index contributed by atoms with van der Waals surface area (Å²) in [6, 6.07) is 10.1. The SMILES string of the molecule is N#Cc1ccc(C(N)C2=C(Nc3ccnc(C(F)(F)F)c3)CCC2=O)cc1. The Morgan fingerprint density at radius 1 is 1.19 bits per heavy atom. The summed E-state index contributed by atoms with van der Waals surface area (Å²) in [6.07, 6.45) is -2.90. The van der Waals surface area contributed by atoms with Crippen molar-refractivity contribution in [1.82, 2.24) is 4.98 Å². The zero-order valence-electron chi connectivity index (χ0n) is 14.0. The number of alkyl halides is 3. The van der Waals surface area contributed by atoms with Crippen molar-refractivity contribution in [3.05, 3.63) is 70.7 Å². The van der Waals surface area contributed by atoms with Gasteiger partial charge in [-0.05, 0) is 36.2 Å². The number of Topliss-reactive ketones (excluding diaryl/α,β-unsaturated/α-hetero) is 1. The van der Waals surface area contributed by atoms with Gasteiger partial charge in [-0.25, -0.2) is 0 Å². The number of nitrogens with zero attached hydrogens (tertiary/aromatic N) is 2. The summed E-state index contributed by atoms with van der Waals surface area (Å²) in [7, 11) is 0. The third kappa shape index (κ3) is 3.99. The summed E-state index contributed by atoms with van der Waals surface area (Å²) < 4.78 is 38.5. The third-order valence-corrected chi connectivity index (χ3v) is 4.28. The number of benzene rings is 1. The van der Waals surface area contributed by atoms with Crippen LogP contribution in [0.25, 0.3) is 0 Å². The van der Waals surface area contributed by atoms with E-state index in [-0.39, 0.29) is 17.9 Å². The molecule has 0 amide bonds. The van der Waals surface area contributed by atoms with E-state index >= 15 is 0 Å². The van der Waals surface area contributed by atoms with Gasteiger partial charge >= 0.3 is 6.18 Å². The highest BCUT2D eigenvalue weighted by Gasteiger charge is 2.33. The molecule has 138 valence electrons. The van der Waals surface area contributed by atoms with Crippen LogP contribution in [-0.2, 0) is 11.0 Å². The molecule has 0 spiro atoms. The summed E-state index contributed by atoms with van der Waals surface area (Å²) in [5.41, 5.74) is 7.34. The van der Waals surface area contributed by atoms with Gasteiger partial charge in [0.05, 0.1) is 17.7 Å². The fourth-order valence-electron chi connectivity index (χ4n) is 2.94. The van der Waals surface area contributed by atoms with E-state index in [4.69, 9.17) is 11.0 Å². The van der Waals surface area contributed by atoms with Crippen LogP contribution in [0.4, 0.5) is 18.9 Å². The first kappa shape index (κ1) is 18.6. The molecule has 2 aromatic rings. The Hall–Kier alpha value is -3.18. The van der Waals surface area contributed by atoms with Crippen LogP contribution in [0.1, 0.15) is 35.7 Å². The predicted octanol–water partition coefficient (Wildman–Crippen LogP) is 3.70. The molecule has 0 aliphatic heterocycles. The van der Waals surface area contributed by atoms with E-state index in [0.717, 1.165) is 12.3 Å². The van der Waals surface area contributed by atoms with E-state index in [2.05, 4.69) is 10.3 Å². The van der Waals surface area contributed by atoms with Crippen molar-refractivity contribution in [2.75, 3.05) is 5.32 Å². The molecule has 8 heteroatoms. The van der Waals surface area contributed by atoms with E-state index in [1.54, 1.807) is 24.3 Å². The highest BCUT2D eigenvalue weighted by molar-refractivity contribution is 6.00. The second-order valence-electron chi connectivity index (χ2n) is 6.08. The number of halogens is 3. The van der Waals surface area contributed by atoms with Crippen LogP contribution in [0.5, 0.6) is 0 Å². The predicted molar refractivity (Wildman–Crippen MR) is 92.2 cm³/mol. The van der Waals surface area contributed by atoms with Gasteiger partial charge in [-0.15, -0.1) is 0 Å². The normalized spacial score (nSPS) is 15.6. The molecule has 1 heterocycles. The maximum Gasteiger partial charge on any atom is 0.433 e. The second-order valence-corrected chi connectivity index (χ2v) is 6.08. The minimum absolute atomic E-state index is 0.153. The Morgan fingerprint density at radius 3 is 2.52 bits per heavy atom. The number of anilines is 1. The fraction of sp³-hybridized carbons (Fsp3) is 0.211. The summed E-state index contributed by atoms with van der Waals surface area (Å²) in [5.74, 6) is -0.153. The van der Waals surface area contributed by atoms with Crippen LogP contribution < -0.4 is 11.1 Å². The molecule has 0 radical (unpaired) electrons. The second kappa shape index (κ2) is 7.21. The quantitative estimate of drug-likeness (QED) is 0.854. The summed E-state index contributed by atoms with van der Waals surface area (Å²) in [4.78, 5) is 15.6. The number of carbonyl (C=O) groups is 1. The van der Waals surface area contributed by atoms with Crippen molar-refractivity contribution >= 4 is 11.5 Å². The topological polar surface area (TPSA) is 91.8 Å². The summed E-state index contributed by atoms with van der Waals surface area (Å²) in [5, 5.41) is 11.8. The van der Waals surface area contributed by atoms with Crippen LogP contribution in [0.15, 0.2) is 53.9 Å². The Kier molecular flexibility index (Phi) is 4.97. The zero-order chi connectivity index (χ0) is 19.6. The molecule has 1 aromatic carbocycles. The van der Waals surface area contributed by atoms with Crippen LogP contribution in [0, 0.1) is 11.3 Å². The van der Waals surface area contributed by atoms with Crippen molar-refractivity contribution in [3.63, 3.8) is 0 Å². The monoisotopic (exact) mass is 372 g/mol. The van der Waals surface area contributed by atoms with Gasteiger partial charge in [0.25, 0.3) is 0 Å². The lowest BCUT2D eigenvalue weighted by Crippen LogP contribution is -2.19. The van der Waals surface area contributed by atoms with Crippen LogP contribution in [-0.4, -0.2) is 10.8 Å². The molecule has 1 unspecified atom stereocenters. The van der Waals surface area contributed by atoms with E-state index in [1.807, 2.05) is 6.07 Å². The largest absolute Gasteiger partial charge is 0.433 e. The average molecular weight is 372 g/mol. The van der Waals surface area contributed by atoms with Crippen LogP contribution in [0.2, 0.25) is 0 Å². The van der Waals surface area contributed by atoms with E-state index in [0.29, 0.717) is 28.8 Å². The Balaban J connectivity index is 1.91. The summed E-state index contributed by atoms with van der Waals surface area (Å²) in [6.45, 7) is 0. The lowest BCUT2D eigenvalue weighted by molar-refractivity contribution is -0.141. The standard InChI is InChI=1S/C19H15F3N4O/c20-19(21,22)16-9-13(7-8-25-16)26-14-5-6-15(27)17(14)18(24)12-3-1-11(10-23)2-4-12/h1-4,7-9,18H,5-6,24H2,(H,25,26). The maximum atomic E-state index is 12.8. The molecule has 1 aliphatic carbocycles. The zero-order valence-corrected chi connectivity index (χ0v) is 14.0. The lowest BCUT2D eigenvalue weighted by atomic mass is 9.96. The smallest absolute Gasteiger partial charge is 0.358 e. The van der Waals surface area contributed by atoms with Gasteiger partial charge < -0.3 is 11.1 Å². The third-order valence-electron chi connectivity index (χ3n) is 4.28. The molecule has 5 nitrogen and oxygen atoms in total. The van der Waals surface area contributed by atoms with Gasteiger partial charge in [-0.2, -0.15) is 18.4 Å². The van der Waals surface area contributed by atoms with Gasteiger partial charge in [0.15, 0.2) is 5.78 Å². The van der Waals surface area contributed by atoms with E-state index < -0.39 is 17.9 Å². The molecule has 3 rings (SSSR count). The van der Waals surface area contributed by atoms with Crippen molar-refractivity contribution in [2.24, 2.45) is 5.73 Å². The number of pyridine rings is 1. The number of hydrogen-bond donors (Lipinski definition) is 2. The first-order chi connectivity index (χ1) is 12.8. The molecular weight excluding hydrogens is 357 g/mol. The molecule has 0 saturated heterocycles. The number of rotatable bonds is 4. The minimum Gasteiger partial charge on any atom is -0.358 e. The van der Waals surface area contributed by atoms with Crippen molar-refractivity contribution in [1.29, 1.82) is 5.26 Å². The molecule has 1 atom stereocenters. The molecule has 0 fully saturated rings. The van der Waals surface area contributed by atoms with Gasteiger partial charge in [0, 0.05) is 29.6 Å². The molecule has 0 bridgehead atoms. The van der Waals surface area contributed by atoms with Gasteiger partial charge in [0.2, 0.25) is 0 Å². The molecule has 1 aromatic heterocycles. The highest BCUT2D eigenvalue weighted by Crippen LogP contribution is 2.34. The number of nitrogens with one attached hydrogen (secondary N) is 1. The Morgan fingerprint density at radius 2 is 1.89 bits per heavy atom. The van der Waals surface area contributed by atoms with Crippen molar-refractivity contribution in [2.45, 2.75) is 25.1 Å². The first-order valence-corrected chi connectivity index (χ1v) is 8.11. The van der Waals surface area contributed by atoms with Crippen molar-refractivity contribution in [3.8, 4) is 6.07 Å². The van der Waals surface area contributed by atoms with Crippen LogP contribution in [0.3, 0.4) is 0 Å². The number of carbonyl (C=O) groups excluding carboxylic acids is 1. The van der Waals surface area contributed by atoms with E-state index in [9.17, 15) is 18.0 Å². The van der Waals surface area contributed by atoms with Gasteiger partial charge in [0.1, 0.15) is 5.69 Å². The first-order valence-electron chi connectivity index (χ1n) is 8.11. The van der Waals surface area contributed by atoms with Crippen LogP contribution >= 0.6 is 0 Å². The number of ketones is 1.